The van der Waals surface area contributed by atoms with Gasteiger partial charge in [0.1, 0.15) is 4.21 Å². The van der Waals surface area contributed by atoms with E-state index >= 15 is 0 Å². The molecule has 0 unspecified atom stereocenters. The molecule has 3 rings (SSSR count). The molecule has 134 valence electrons. The van der Waals surface area contributed by atoms with Crippen LogP contribution in [0.3, 0.4) is 0 Å². The number of piperidine rings is 1. The Bertz CT molecular complexity index is 677. The molecule has 2 fully saturated rings. The largest absolute Gasteiger partial charge is 0.373 e. The Balaban J connectivity index is 1.59. The first-order valence-corrected chi connectivity index (χ1v) is 10.6. The Hall–Kier alpha value is -0.960. The Kier molecular flexibility index (Phi) is 5.01. The van der Waals surface area contributed by atoms with Crippen LogP contribution in [0.25, 0.3) is 0 Å². The number of hydrogen-bond donors (Lipinski definition) is 1. The van der Waals surface area contributed by atoms with Gasteiger partial charge in [-0.25, -0.2) is 8.42 Å². The number of hydrogen-bond acceptors (Lipinski definition) is 5. The van der Waals surface area contributed by atoms with Gasteiger partial charge in [-0.2, -0.15) is 4.31 Å². The molecule has 0 aliphatic carbocycles. The van der Waals surface area contributed by atoms with Crippen LogP contribution in [0.4, 0.5) is 0 Å². The molecule has 1 spiro atoms. The SMILES string of the molecule is CC(C)C(=O)N[C@H]1COC2(CCN(S(=O)(=O)c3cccs3)CC2)C1. The van der Waals surface area contributed by atoms with Crippen molar-refractivity contribution in [2.24, 2.45) is 5.92 Å². The maximum atomic E-state index is 12.6. The maximum absolute atomic E-state index is 12.6. The molecule has 0 bridgehead atoms. The van der Waals surface area contributed by atoms with E-state index in [1.807, 2.05) is 13.8 Å². The quantitative estimate of drug-likeness (QED) is 0.875. The van der Waals surface area contributed by atoms with Crippen LogP contribution in [-0.4, -0.2) is 50.0 Å². The summed E-state index contributed by atoms with van der Waals surface area (Å²) in [5.74, 6) is -0.00213. The molecule has 6 nitrogen and oxygen atoms in total. The van der Waals surface area contributed by atoms with Crippen LogP contribution >= 0.6 is 11.3 Å². The summed E-state index contributed by atoms with van der Waals surface area (Å²) in [5, 5.41) is 4.80. The second-order valence-electron chi connectivity index (χ2n) is 6.89. The predicted molar refractivity (Wildman–Crippen MR) is 92.4 cm³/mol. The minimum atomic E-state index is -3.38. The van der Waals surface area contributed by atoms with Gasteiger partial charge in [-0.3, -0.25) is 4.79 Å². The van der Waals surface area contributed by atoms with Gasteiger partial charge in [0, 0.05) is 19.0 Å². The van der Waals surface area contributed by atoms with Gasteiger partial charge in [0.05, 0.1) is 18.2 Å². The van der Waals surface area contributed by atoms with Gasteiger partial charge in [0.2, 0.25) is 5.91 Å². The number of nitrogens with one attached hydrogen (secondary N) is 1. The molecular weight excluding hydrogens is 348 g/mol. The third kappa shape index (κ3) is 3.51. The number of sulfonamides is 1. The third-order valence-corrected chi connectivity index (χ3v) is 8.07. The third-order valence-electron chi connectivity index (χ3n) is 4.80. The van der Waals surface area contributed by atoms with Gasteiger partial charge in [0.15, 0.2) is 0 Å². The Morgan fingerprint density at radius 1 is 1.42 bits per heavy atom. The average Bonchev–Trinajstić information content (AvgIpc) is 3.19. The lowest BCUT2D eigenvalue weighted by molar-refractivity contribution is -0.124. The molecule has 1 aromatic heterocycles. The van der Waals surface area contributed by atoms with Crippen molar-refractivity contribution in [1.82, 2.24) is 9.62 Å². The lowest BCUT2D eigenvalue weighted by Gasteiger charge is -2.37. The number of carbonyl (C=O) groups is 1. The van der Waals surface area contributed by atoms with Crippen LogP contribution in [0, 0.1) is 5.92 Å². The molecule has 1 aromatic rings. The molecular formula is C16H24N2O4S2. The molecule has 1 atom stereocenters. The normalized spacial score (nSPS) is 24.5. The van der Waals surface area contributed by atoms with Crippen molar-refractivity contribution < 1.29 is 17.9 Å². The first kappa shape index (κ1) is 17.8. The van der Waals surface area contributed by atoms with Gasteiger partial charge in [-0.1, -0.05) is 19.9 Å². The van der Waals surface area contributed by atoms with E-state index in [0.717, 1.165) is 6.42 Å². The van der Waals surface area contributed by atoms with E-state index < -0.39 is 10.0 Å². The van der Waals surface area contributed by atoms with Crippen molar-refractivity contribution in [2.75, 3.05) is 19.7 Å². The summed E-state index contributed by atoms with van der Waals surface area (Å²) in [6.45, 7) is 5.18. The van der Waals surface area contributed by atoms with Gasteiger partial charge in [-0.05, 0) is 30.7 Å². The van der Waals surface area contributed by atoms with Crippen LogP contribution in [0.2, 0.25) is 0 Å². The van der Waals surface area contributed by atoms with Crippen LogP contribution < -0.4 is 5.32 Å². The summed E-state index contributed by atoms with van der Waals surface area (Å²) in [4.78, 5) is 11.8. The van der Waals surface area contributed by atoms with E-state index in [4.69, 9.17) is 4.74 Å². The molecule has 24 heavy (non-hydrogen) atoms. The van der Waals surface area contributed by atoms with Gasteiger partial charge < -0.3 is 10.1 Å². The number of rotatable bonds is 4. The van der Waals surface area contributed by atoms with Crippen molar-refractivity contribution in [1.29, 1.82) is 0 Å². The second kappa shape index (κ2) is 6.74. The molecule has 1 amide bonds. The number of thiophene rings is 1. The summed E-state index contributed by atoms with van der Waals surface area (Å²) in [6, 6.07) is 3.43. The van der Waals surface area contributed by atoms with Crippen molar-refractivity contribution in [3.63, 3.8) is 0 Å². The van der Waals surface area contributed by atoms with Crippen LogP contribution in [-0.2, 0) is 19.6 Å². The van der Waals surface area contributed by atoms with Crippen molar-refractivity contribution >= 4 is 27.3 Å². The minimum Gasteiger partial charge on any atom is -0.373 e. The average molecular weight is 373 g/mol. The first-order chi connectivity index (χ1) is 11.3. The number of amides is 1. The molecule has 2 aliphatic rings. The van der Waals surface area contributed by atoms with E-state index in [1.165, 1.54) is 11.3 Å². The van der Waals surface area contributed by atoms with Gasteiger partial charge in [0.25, 0.3) is 10.0 Å². The molecule has 2 aliphatic heterocycles. The standard InChI is InChI=1S/C16H24N2O4S2/c1-12(2)15(19)17-13-10-16(22-11-13)5-7-18(8-6-16)24(20,21)14-4-3-9-23-14/h3-4,9,12-13H,5-8,10-11H2,1-2H3,(H,17,19)/t13-/m1/s1. The zero-order valence-corrected chi connectivity index (χ0v) is 15.7. The van der Waals surface area contributed by atoms with E-state index in [9.17, 15) is 13.2 Å². The van der Waals surface area contributed by atoms with Crippen LogP contribution in [0.1, 0.15) is 33.1 Å². The zero-order chi connectivity index (χ0) is 17.4. The molecule has 0 radical (unpaired) electrons. The van der Waals surface area contributed by atoms with E-state index in [1.54, 1.807) is 21.8 Å². The fraction of sp³-hybridized carbons (Fsp3) is 0.688. The topological polar surface area (TPSA) is 75.7 Å². The Morgan fingerprint density at radius 3 is 2.71 bits per heavy atom. The van der Waals surface area contributed by atoms with Gasteiger partial charge in [-0.15, -0.1) is 11.3 Å². The Morgan fingerprint density at radius 2 is 2.12 bits per heavy atom. The van der Waals surface area contributed by atoms with Gasteiger partial charge >= 0.3 is 0 Å². The second-order valence-corrected chi connectivity index (χ2v) is 10.0. The summed E-state index contributed by atoms with van der Waals surface area (Å²) >= 11 is 1.25. The molecule has 0 aromatic carbocycles. The van der Waals surface area contributed by atoms with Crippen molar-refractivity contribution in [2.45, 2.75) is 49.0 Å². The molecule has 3 heterocycles. The van der Waals surface area contributed by atoms with Crippen LogP contribution in [0.15, 0.2) is 21.7 Å². The number of carbonyl (C=O) groups excluding carboxylic acids is 1. The molecule has 8 heteroatoms. The zero-order valence-electron chi connectivity index (χ0n) is 14.0. The van der Waals surface area contributed by atoms with E-state index in [-0.39, 0.29) is 23.5 Å². The highest BCUT2D eigenvalue weighted by atomic mass is 32.2. The first-order valence-electron chi connectivity index (χ1n) is 8.30. The highest BCUT2D eigenvalue weighted by Crippen LogP contribution is 2.37. The van der Waals surface area contributed by atoms with E-state index in [2.05, 4.69) is 5.32 Å². The smallest absolute Gasteiger partial charge is 0.252 e. The van der Waals surface area contributed by atoms with Crippen LogP contribution in [0.5, 0.6) is 0 Å². The molecule has 1 N–H and O–H groups in total. The highest BCUT2D eigenvalue weighted by Gasteiger charge is 2.45. The maximum Gasteiger partial charge on any atom is 0.252 e. The molecule has 2 saturated heterocycles. The number of nitrogens with zero attached hydrogens (tertiary/aromatic N) is 1. The van der Waals surface area contributed by atoms with Crippen molar-refractivity contribution in [3.05, 3.63) is 17.5 Å². The fourth-order valence-corrected chi connectivity index (χ4v) is 5.91. The van der Waals surface area contributed by atoms with Crippen molar-refractivity contribution in [3.8, 4) is 0 Å². The highest BCUT2D eigenvalue weighted by molar-refractivity contribution is 7.91. The monoisotopic (exact) mass is 372 g/mol. The summed E-state index contributed by atoms with van der Waals surface area (Å²) in [7, 11) is -3.38. The lowest BCUT2D eigenvalue weighted by atomic mass is 9.88. The lowest BCUT2D eigenvalue weighted by Crippen LogP contribution is -2.47. The minimum absolute atomic E-state index is 0.0281. The summed E-state index contributed by atoms with van der Waals surface area (Å²) < 4.78 is 33.1. The predicted octanol–water partition coefficient (Wildman–Crippen LogP) is 1.83. The summed E-state index contributed by atoms with van der Waals surface area (Å²) in [6.07, 6.45) is 2.11. The van der Waals surface area contributed by atoms with E-state index in [0.29, 0.717) is 36.7 Å². The fourth-order valence-electron chi connectivity index (χ4n) is 3.32. The molecule has 0 saturated carbocycles. The number of ether oxygens (including phenoxy) is 1. The Labute approximate surface area is 147 Å². The summed E-state index contributed by atoms with van der Waals surface area (Å²) in [5.41, 5.74) is -0.295.